The van der Waals surface area contributed by atoms with Gasteiger partial charge in [-0.15, -0.1) is 24.0 Å². The van der Waals surface area contributed by atoms with Crippen molar-refractivity contribution in [2.75, 3.05) is 26.7 Å². The molecule has 7 heteroatoms. The maximum atomic E-state index is 4.35. The first kappa shape index (κ1) is 18.5. The molecule has 0 bridgehead atoms. The van der Waals surface area contributed by atoms with Crippen LogP contribution in [0.15, 0.2) is 17.4 Å². The number of aromatic nitrogens is 2. The Morgan fingerprint density at radius 1 is 1.39 bits per heavy atom. The molecule has 0 spiro atoms. The van der Waals surface area contributed by atoms with Gasteiger partial charge < -0.3 is 10.6 Å². The van der Waals surface area contributed by atoms with Gasteiger partial charge in [-0.1, -0.05) is 6.92 Å². The van der Waals surface area contributed by atoms with Gasteiger partial charge in [-0.3, -0.25) is 14.6 Å². The molecule has 2 aliphatic rings. The molecule has 2 heterocycles. The normalized spacial score (nSPS) is 25.3. The number of hydrogen-bond acceptors (Lipinski definition) is 3. The Morgan fingerprint density at radius 3 is 2.78 bits per heavy atom. The van der Waals surface area contributed by atoms with E-state index >= 15 is 0 Å². The van der Waals surface area contributed by atoms with Gasteiger partial charge in [-0.05, 0) is 31.2 Å². The quantitative estimate of drug-likeness (QED) is 0.420. The van der Waals surface area contributed by atoms with Gasteiger partial charge in [0.1, 0.15) is 0 Å². The van der Waals surface area contributed by atoms with Crippen molar-refractivity contribution in [2.24, 2.45) is 10.9 Å². The lowest BCUT2D eigenvalue weighted by molar-refractivity contribution is 0.315. The molecule has 6 nitrogen and oxygen atoms in total. The predicted octanol–water partition coefficient (Wildman–Crippen LogP) is 1.46. The zero-order valence-electron chi connectivity index (χ0n) is 14.3. The highest BCUT2D eigenvalue weighted by Crippen LogP contribution is 2.31. The molecule has 1 aromatic rings. The van der Waals surface area contributed by atoms with Crippen LogP contribution in [0.2, 0.25) is 0 Å². The topological polar surface area (TPSA) is 57.5 Å². The van der Waals surface area contributed by atoms with Crippen LogP contribution < -0.4 is 10.6 Å². The summed E-state index contributed by atoms with van der Waals surface area (Å²) in [5.41, 5.74) is 1.20. The van der Waals surface area contributed by atoms with Crippen molar-refractivity contribution in [3.63, 3.8) is 0 Å². The maximum Gasteiger partial charge on any atom is 0.191 e. The van der Waals surface area contributed by atoms with Crippen LogP contribution in [-0.4, -0.2) is 59.4 Å². The number of nitrogens with one attached hydrogen (secondary N) is 2. The fourth-order valence-electron chi connectivity index (χ4n) is 3.18. The summed E-state index contributed by atoms with van der Waals surface area (Å²) in [7, 11) is 1.84. The number of aliphatic imine (C=N–C) groups is 1. The van der Waals surface area contributed by atoms with Gasteiger partial charge in [-0.25, -0.2) is 0 Å². The minimum absolute atomic E-state index is 0. The van der Waals surface area contributed by atoms with Gasteiger partial charge in [0, 0.05) is 45.0 Å². The molecular weight excluding hydrogens is 403 g/mol. The number of halogens is 1. The number of nitrogens with zero attached hydrogens (tertiary/aromatic N) is 4. The van der Waals surface area contributed by atoms with Crippen molar-refractivity contribution in [1.29, 1.82) is 0 Å². The summed E-state index contributed by atoms with van der Waals surface area (Å²) in [6.45, 7) is 8.43. The van der Waals surface area contributed by atoms with Crippen LogP contribution >= 0.6 is 24.0 Å². The van der Waals surface area contributed by atoms with Crippen LogP contribution in [0.5, 0.6) is 0 Å². The van der Waals surface area contributed by atoms with E-state index in [0.717, 1.165) is 31.6 Å². The molecule has 1 aliphatic carbocycles. The average molecular weight is 432 g/mol. The molecule has 2 atom stereocenters. The second-order valence-electron chi connectivity index (χ2n) is 6.69. The van der Waals surface area contributed by atoms with Crippen LogP contribution in [0.3, 0.4) is 0 Å². The third-order valence-corrected chi connectivity index (χ3v) is 4.65. The Balaban J connectivity index is 0.00000192. The number of guanidine groups is 1. The lowest BCUT2D eigenvalue weighted by atomic mass is 10.1. The van der Waals surface area contributed by atoms with Gasteiger partial charge in [0.25, 0.3) is 0 Å². The Bertz CT molecular complexity index is 524. The van der Waals surface area contributed by atoms with E-state index in [2.05, 4.69) is 45.7 Å². The molecule has 0 radical (unpaired) electrons. The molecule has 2 N–H and O–H groups in total. The lowest BCUT2D eigenvalue weighted by Gasteiger charge is -2.20. The van der Waals surface area contributed by atoms with Crippen LogP contribution in [0.25, 0.3) is 0 Å². The molecule has 0 amide bonds. The minimum atomic E-state index is 0. The van der Waals surface area contributed by atoms with Crippen molar-refractivity contribution in [3.05, 3.63) is 18.0 Å². The predicted molar refractivity (Wildman–Crippen MR) is 104 cm³/mol. The van der Waals surface area contributed by atoms with Gasteiger partial charge in [0.2, 0.25) is 0 Å². The summed E-state index contributed by atoms with van der Waals surface area (Å²) >= 11 is 0. The van der Waals surface area contributed by atoms with Crippen molar-refractivity contribution in [1.82, 2.24) is 25.3 Å². The molecule has 3 rings (SSSR count). The van der Waals surface area contributed by atoms with E-state index in [9.17, 15) is 0 Å². The van der Waals surface area contributed by atoms with Crippen LogP contribution in [0, 0.1) is 12.8 Å². The van der Waals surface area contributed by atoms with Gasteiger partial charge in [0.05, 0.1) is 12.7 Å². The van der Waals surface area contributed by atoms with Crippen molar-refractivity contribution in [2.45, 2.75) is 45.3 Å². The number of hydrogen-bond donors (Lipinski definition) is 2. The molecule has 1 aliphatic heterocycles. The summed E-state index contributed by atoms with van der Waals surface area (Å²) in [6, 6.07) is 1.35. The molecule has 130 valence electrons. The summed E-state index contributed by atoms with van der Waals surface area (Å²) in [5, 5.41) is 11.3. The largest absolute Gasteiger partial charge is 0.355 e. The van der Waals surface area contributed by atoms with E-state index in [4.69, 9.17) is 0 Å². The highest BCUT2D eigenvalue weighted by atomic mass is 127. The van der Waals surface area contributed by atoms with Crippen LogP contribution in [-0.2, 0) is 6.54 Å². The lowest BCUT2D eigenvalue weighted by Crippen LogP contribution is -2.47. The molecular formula is C16H29IN6. The molecule has 2 fully saturated rings. The highest BCUT2D eigenvalue weighted by molar-refractivity contribution is 14.0. The van der Waals surface area contributed by atoms with E-state index in [1.54, 1.807) is 0 Å². The van der Waals surface area contributed by atoms with Gasteiger partial charge in [-0.2, -0.15) is 5.10 Å². The molecule has 1 aromatic heterocycles. The Labute approximate surface area is 156 Å². The van der Waals surface area contributed by atoms with Gasteiger partial charge in [0.15, 0.2) is 5.96 Å². The van der Waals surface area contributed by atoms with E-state index in [0.29, 0.717) is 12.0 Å². The van der Waals surface area contributed by atoms with Crippen LogP contribution in [0.4, 0.5) is 0 Å². The number of aryl methyl sites for hydroxylation is 1. The molecule has 23 heavy (non-hydrogen) atoms. The first-order valence-corrected chi connectivity index (χ1v) is 8.36. The molecule has 0 aromatic carbocycles. The Morgan fingerprint density at radius 2 is 2.17 bits per heavy atom. The van der Waals surface area contributed by atoms with E-state index in [1.807, 2.05) is 17.9 Å². The Kier molecular flexibility index (Phi) is 6.70. The first-order chi connectivity index (χ1) is 10.7. The minimum Gasteiger partial charge on any atom is -0.355 e. The molecule has 2 unspecified atom stereocenters. The standard InChI is InChI=1S/C16H28N6.HI/c1-12-8-19-22(9-12)7-6-18-16(17-3)20-15-11-21(10-13(15)2)14-4-5-14;/h8-9,13-15H,4-7,10-11H2,1-3H3,(H2,17,18,20);1H. The van der Waals surface area contributed by atoms with Crippen molar-refractivity contribution >= 4 is 29.9 Å². The van der Waals surface area contributed by atoms with Gasteiger partial charge >= 0.3 is 0 Å². The third kappa shape index (κ3) is 5.07. The van der Waals surface area contributed by atoms with E-state index in [1.165, 1.54) is 24.9 Å². The smallest absolute Gasteiger partial charge is 0.191 e. The van der Waals surface area contributed by atoms with E-state index < -0.39 is 0 Å². The average Bonchev–Trinajstić information content (AvgIpc) is 3.18. The van der Waals surface area contributed by atoms with Crippen molar-refractivity contribution in [3.8, 4) is 0 Å². The zero-order chi connectivity index (χ0) is 15.5. The zero-order valence-corrected chi connectivity index (χ0v) is 16.7. The molecule has 1 saturated carbocycles. The first-order valence-electron chi connectivity index (χ1n) is 8.36. The number of rotatable bonds is 5. The summed E-state index contributed by atoms with van der Waals surface area (Å²) in [4.78, 5) is 6.98. The maximum absolute atomic E-state index is 4.35. The fourth-order valence-corrected chi connectivity index (χ4v) is 3.18. The number of likely N-dealkylation sites (tertiary alicyclic amines) is 1. The van der Waals surface area contributed by atoms with Crippen LogP contribution in [0.1, 0.15) is 25.3 Å². The summed E-state index contributed by atoms with van der Waals surface area (Å²) in [6.07, 6.45) is 6.72. The fraction of sp³-hybridized carbons (Fsp3) is 0.750. The van der Waals surface area contributed by atoms with E-state index in [-0.39, 0.29) is 24.0 Å². The molecule has 1 saturated heterocycles. The van der Waals surface area contributed by atoms with Crippen molar-refractivity contribution < 1.29 is 0 Å². The second-order valence-corrected chi connectivity index (χ2v) is 6.69. The summed E-state index contributed by atoms with van der Waals surface area (Å²) in [5.74, 6) is 1.58. The second kappa shape index (κ2) is 8.32. The summed E-state index contributed by atoms with van der Waals surface area (Å²) < 4.78 is 1.96. The SMILES string of the molecule is CN=C(NCCn1cc(C)cn1)NC1CN(C2CC2)CC1C.I. The monoisotopic (exact) mass is 432 g/mol. The Hall–Kier alpha value is -0.830. The highest BCUT2D eigenvalue weighted by Gasteiger charge is 2.38. The third-order valence-electron chi connectivity index (χ3n) is 4.65.